The predicted molar refractivity (Wildman–Crippen MR) is 145 cm³/mol. The summed E-state index contributed by atoms with van der Waals surface area (Å²) in [5.74, 6) is 1.41. The third-order valence-corrected chi connectivity index (χ3v) is 7.71. The van der Waals surface area contributed by atoms with Crippen LogP contribution in [0.3, 0.4) is 0 Å². The Labute approximate surface area is 231 Å². The molecule has 0 amide bonds. The Bertz CT molecular complexity index is 1110. The van der Waals surface area contributed by atoms with Gasteiger partial charge in [-0.2, -0.15) is 0 Å². The van der Waals surface area contributed by atoms with Crippen LogP contribution in [0.4, 0.5) is 0 Å². The molecule has 2 atom stereocenters. The largest absolute Gasteiger partial charge is 0.491 e. The zero-order valence-electron chi connectivity index (χ0n) is 19.4. The second kappa shape index (κ2) is 12.7. The molecule has 2 aromatic carbocycles. The lowest BCUT2D eigenvalue weighted by Gasteiger charge is -2.27. The summed E-state index contributed by atoms with van der Waals surface area (Å²) in [5.41, 5.74) is 2.38. The van der Waals surface area contributed by atoms with Gasteiger partial charge < -0.3 is 24.8 Å². The van der Waals surface area contributed by atoms with E-state index in [9.17, 15) is 15.3 Å². The van der Waals surface area contributed by atoms with Gasteiger partial charge in [-0.25, -0.2) is 4.68 Å². The fourth-order valence-electron chi connectivity index (χ4n) is 3.37. The monoisotopic (exact) mass is 679 g/mol. The van der Waals surface area contributed by atoms with E-state index in [1.165, 1.54) is 0 Å². The molecule has 0 bridgehead atoms. The van der Waals surface area contributed by atoms with Gasteiger partial charge in [-0.15, -0.1) is 16.7 Å². The van der Waals surface area contributed by atoms with Crippen molar-refractivity contribution in [1.82, 2.24) is 15.0 Å². The lowest BCUT2D eigenvalue weighted by molar-refractivity contribution is 0.0881. The third-order valence-electron chi connectivity index (χ3n) is 5.55. The second-order valence-corrected chi connectivity index (χ2v) is 10.7. The topological polar surface area (TPSA) is 110 Å². The van der Waals surface area contributed by atoms with E-state index >= 15 is 0 Å². The van der Waals surface area contributed by atoms with Crippen molar-refractivity contribution in [3.8, 4) is 11.5 Å². The highest BCUT2D eigenvalue weighted by Crippen LogP contribution is 2.36. The molecule has 0 aliphatic heterocycles. The molecule has 190 valence electrons. The average molecular weight is 681 g/mol. The van der Waals surface area contributed by atoms with Crippen molar-refractivity contribution < 1.29 is 24.8 Å². The Morgan fingerprint density at radius 2 is 1.71 bits per heavy atom. The first-order valence-corrected chi connectivity index (χ1v) is 13.3. The molecule has 3 N–H and O–H groups in total. The predicted octanol–water partition coefficient (Wildman–Crippen LogP) is 3.88. The van der Waals surface area contributed by atoms with Gasteiger partial charge in [-0.05, 0) is 73.9 Å². The number of halogens is 3. The van der Waals surface area contributed by atoms with Crippen LogP contribution in [-0.2, 0) is 18.6 Å². The molecule has 1 aromatic heterocycles. The maximum Gasteiger partial charge on any atom is 0.133 e. The Balaban J connectivity index is 1.60. The minimum Gasteiger partial charge on any atom is -0.491 e. The number of aliphatic hydroxyl groups excluding tert-OH is 3. The highest BCUT2D eigenvalue weighted by atomic mass is 127. The van der Waals surface area contributed by atoms with Crippen molar-refractivity contribution in [3.05, 3.63) is 67.5 Å². The van der Waals surface area contributed by atoms with Crippen molar-refractivity contribution in [2.75, 3.05) is 19.1 Å². The summed E-state index contributed by atoms with van der Waals surface area (Å²) in [5, 5.41) is 37.0. The molecule has 1 heterocycles. The summed E-state index contributed by atoms with van der Waals surface area (Å²) in [6.45, 7) is 4.51. The number of ether oxygens (including phenoxy) is 2. The van der Waals surface area contributed by atoms with Gasteiger partial charge in [0.1, 0.15) is 46.3 Å². The van der Waals surface area contributed by atoms with E-state index in [4.69, 9.17) is 21.1 Å². The third kappa shape index (κ3) is 7.30. The van der Waals surface area contributed by atoms with Gasteiger partial charge in [-0.1, -0.05) is 37.3 Å². The van der Waals surface area contributed by atoms with Crippen molar-refractivity contribution in [1.29, 1.82) is 0 Å². The van der Waals surface area contributed by atoms with Crippen LogP contribution in [-0.4, -0.2) is 61.6 Å². The summed E-state index contributed by atoms with van der Waals surface area (Å²) in [7, 11) is 0. The number of aromatic nitrogens is 3. The summed E-state index contributed by atoms with van der Waals surface area (Å²) >= 11 is 11.2. The van der Waals surface area contributed by atoms with Crippen molar-refractivity contribution >= 4 is 50.1 Å². The van der Waals surface area contributed by atoms with E-state index in [0.717, 1.165) is 15.6 Å². The van der Waals surface area contributed by atoms with Gasteiger partial charge in [0.2, 0.25) is 0 Å². The molecule has 0 saturated heterocycles. The van der Waals surface area contributed by atoms with Crippen LogP contribution in [0.25, 0.3) is 0 Å². The number of rotatable bonds is 12. The van der Waals surface area contributed by atoms with E-state index < -0.39 is 12.2 Å². The summed E-state index contributed by atoms with van der Waals surface area (Å²) in [4.78, 5) is 0. The molecular weight excluding hydrogens is 653 g/mol. The van der Waals surface area contributed by atoms with Gasteiger partial charge in [0.05, 0.1) is 23.5 Å². The molecule has 0 fully saturated rings. The van der Waals surface area contributed by atoms with Crippen LogP contribution in [0.5, 0.6) is 11.5 Å². The Morgan fingerprint density at radius 1 is 1.06 bits per heavy atom. The minimum absolute atomic E-state index is 0.0972. The fourth-order valence-corrected chi connectivity index (χ4v) is 4.52. The van der Waals surface area contributed by atoms with Crippen LogP contribution in [0.2, 0.25) is 0 Å². The molecule has 0 spiro atoms. The zero-order valence-corrected chi connectivity index (χ0v) is 23.9. The van der Waals surface area contributed by atoms with Crippen LogP contribution < -0.4 is 9.47 Å². The molecule has 8 nitrogen and oxygen atoms in total. The first kappa shape index (κ1) is 28.1. The molecular formula is C24H28BrClIN3O5. The lowest BCUT2D eigenvalue weighted by Crippen LogP contribution is -2.25. The van der Waals surface area contributed by atoms with Crippen LogP contribution >= 0.6 is 50.1 Å². The summed E-state index contributed by atoms with van der Waals surface area (Å²) in [6, 6.07) is 13.7. The van der Waals surface area contributed by atoms with Crippen molar-refractivity contribution in [2.45, 2.75) is 44.6 Å². The molecule has 3 rings (SSSR count). The normalized spacial score (nSPS) is 13.5. The fraction of sp³-hybridized carbons (Fsp3) is 0.417. The Hall–Kier alpha value is -1.44. The molecule has 11 heteroatoms. The molecule has 3 aromatic rings. The first-order valence-electron chi connectivity index (χ1n) is 10.9. The number of hydrogen-bond acceptors (Lipinski definition) is 7. The van der Waals surface area contributed by atoms with Crippen molar-refractivity contribution in [2.24, 2.45) is 0 Å². The molecule has 35 heavy (non-hydrogen) atoms. The molecule has 0 radical (unpaired) electrons. The van der Waals surface area contributed by atoms with Crippen LogP contribution in [0.1, 0.15) is 30.7 Å². The van der Waals surface area contributed by atoms with Crippen molar-refractivity contribution in [3.63, 3.8) is 0 Å². The quantitative estimate of drug-likeness (QED) is 0.197. The number of nitrogens with zero attached hydrogens (tertiary/aromatic N) is 3. The van der Waals surface area contributed by atoms with E-state index in [1.54, 1.807) is 4.68 Å². The zero-order chi connectivity index (χ0) is 25.6. The van der Waals surface area contributed by atoms with Gasteiger partial charge in [0.25, 0.3) is 0 Å². The number of benzene rings is 2. The molecule has 0 aliphatic carbocycles. The van der Waals surface area contributed by atoms with E-state index in [-0.39, 0.29) is 37.7 Å². The van der Waals surface area contributed by atoms with Gasteiger partial charge in [0.15, 0.2) is 0 Å². The maximum atomic E-state index is 10.3. The highest BCUT2D eigenvalue weighted by Gasteiger charge is 2.24. The smallest absolute Gasteiger partial charge is 0.133 e. The number of aliphatic hydroxyl groups is 3. The van der Waals surface area contributed by atoms with E-state index in [2.05, 4.69) is 40.1 Å². The van der Waals surface area contributed by atoms with Gasteiger partial charge >= 0.3 is 0 Å². The number of hydrogen-bond donors (Lipinski definition) is 3. The lowest BCUT2D eigenvalue weighted by atomic mass is 9.78. The van der Waals surface area contributed by atoms with E-state index in [0.29, 0.717) is 20.9 Å². The van der Waals surface area contributed by atoms with Crippen LogP contribution in [0, 0.1) is 3.70 Å². The summed E-state index contributed by atoms with van der Waals surface area (Å²) < 4.78 is 14.4. The second-order valence-electron chi connectivity index (χ2n) is 8.55. The first-order chi connectivity index (χ1) is 16.6. The minimum atomic E-state index is -0.781. The standard InChI is InChI=1S/C24H28BrClIN3O5/c1-24(2,16-5-8-22(20(25)9-16)35-13-17(32)10-26)15-3-6-19(7-4-15)34-14-18(33)11-30-23(27)21(12-31)28-29-30/h3-9,17-18,31-33H,10-14H2,1-2H3/t17-,18+/m1/s1. The maximum absolute atomic E-state index is 10.3. The Kier molecular flexibility index (Phi) is 10.2. The van der Waals surface area contributed by atoms with Gasteiger partial charge in [0, 0.05) is 5.41 Å². The SMILES string of the molecule is CC(C)(c1ccc(OC[C@@H](O)Cn2nnc(CO)c2I)cc1)c1ccc(OC[C@H](O)CCl)c(Br)c1. The Morgan fingerprint density at radius 3 is 2.31 bits per heavy atom. The molecule has 0 saturated carbocycles. The number of alkyl halides is 1. The molecule has 0 aliphatic rings. The van der Waals surface area contributed by atoms with Gasteiger partial charge in [-0.3, -0.25) is 0 Å². The summed E-state index contributed by atoms with van der Waals surface area (Å²) in [6.07, 6.45) is -1.50. The van der Waals surface area contributed by atoms with E-state index in [1.807, 2.05) is 65.1 Å². The average Bonchev–Trinajstić information content (AvgIpc) is 3.20. The van der Waals surface area contributed by atoms with Crippen LogP contribution in [0.15, 0.2) is 46.9 Å². The molecule has 0 unspecified atom stereocenters. The highest BCUT2D eigenvalue weighted by molar-refractivity contribution is 14.1.